The van der Waals surface area contributed by atoms with E-state index in [2.05, 4.69) is 4.90 Å². The van der Waals surface area contributed by atoms with Gasteiger partial charge in [0.1, 0.15) is 0 Å². The first kappa shape index (κ1) is 15.5. The zero-order valence-electron chi connectivity index (χ0n) is 12.2. The van der Waals surface area contributed by atoms with E-state index in [9.17, 15) is 4.79 Å². The monoisotopic (exact) mass is 263 g/mol. The maximum absolute atomic E-state index is 12.0. The second kappa shape index (κ2) is 7.79. The Kier molecular flexibility index (Phi) is 6.36. The molecule has 19 heavy (non-hydrogen) atoms. The quantitative estimate of drug-likeness (QED) is 0.760. The summed E-state index contributed by atoms with van der Waals surface area (Å²) in [7, 11) is 5.95. The molecule has 0 spiro atoms. The standard InChI is InChI=1S/C15H25N3O/c1-17(2)11-6-12-18(3)15(19)10-9-13-7-4-5-8-14(13)16/h4-5,7-8H,6,9-12,16H2,1-3H3. The number of hydrogen-bond donors (Lipinski definition) is 1. The highest BCUT2D eigenvalue weighted by Gasteiger charge is 2.09. The number of amides is 1. The number of nitrogen functional groups attached to an aromatic ring is 1. The van der Waals surface area contributed by atoms with E-state index in [0.29, 0.717) is 12.8 Å². The number of carbonyl (C=O) groups is 1. The minimum absolute atomic E-state index is 0.182. The molecule has 0 unspecified atom stereocenters. The van der Waals surface area contributed by atoms with Crippen molar-refractivity contribution in [1.29, 1.82) is 0 Å². The molecule has 0 fully saturated rings. The fraction of sp³-hybridized carbons (Fsp3) is 0.533. The van der Waals surface area contributed by atoms with Gasteiger partial charge in [0, 0.05) is 25.7 Å². The molecule has 0 saturated heterocycles. The van der Waals surface area contributed by atoms with Crippen molar-refractivity contribution in [1.82, 2.24) is 9.80 Å². The van der Waals surface area contributed by atoms with Gasteiger partial charge >= 0.3 is 0 Å². The Balaban J connectivity index is 2.32. The molecule has 0 aliphatic rings. The summed E-state index contributed by atoms with van der Waals surface area (Å²) in [6.45, 7) is 1.81. The van der Waals surface area contributed by atoms with E-state index in [4.69, 9.17) is 5.73 Å². The third-order valence-electron chi connectivity index (χ3n) is 3.19. The zero-order valence-corrected chi connectivity index (χ0v) is 12.2. The second-order valence-corrected chi connectivity index (χ2v) is 5.17. The first-order valence-corrected chi connectivity index (χ1v) is 6.72. The average Bonchev–Trinajstić information content (AvgIpc) is 2.36. The summed E-state index contributed by atoms with van der Waals surface area (Å²) >= 11 is 0. The van der Waals surface area contributed by atoms with Crippen molar-refractivity contribution in [3.63, 3.8) is 0 Å². The van der Waals surface area contributed by atoms with Gasteiger partial charge < -0.3 is 15.5 Å². The SMILES string of the molecule is CN(C)CCCN(C)C(=O)CCc1ccccc1N. The Hall–Kier alpha value is -1.55. The molecule has 0 saturated carbocycles. The van der Waals surface area contributed by atoms with Crippen molar-refractivity contribution >= 4 is 11.6 Å². The molecule has 0 aromatic heterocycles. The fourth-order valence-corrected chi connectivity index (χ4v) is 1.94. The van der Waals surface area contributed by atoms with E-state index in [0.717, 1.165) is 30.8 Å². The summed E-state index contributed by atoms with van der Waals surface area (Å²) in [5.74, 6) is 0.182. The van der Waals surface area contributed by atoms with Crippen LogP contribution in [0.4, 0.5) is 5.69 Å². The second-order valence-electron chi connectivity index (χ2n) is 5.17. The minimum Gasteiger partial charge on any atom is -0.399 e. The molecule has 0 heterocycles. The van der Waals surface area contributed by atoms with Gasteiger partial charge in [-0.25, -0.2) is 0 Å². The summed E-state index contributed by atoms with van der Waals surface area (Å²) < 4.78 is 0. The molecular weight excluding hydrogens is 238 g/mol. The average molecular weight is 263 g/mol. The van der Waals surface area contributed by atoms with Crippen molar-refractivity contribution in [2.75, 3.05) is 40.0 Å². The van der Waals surface area contributed by atoms with Gasteiger partial charge in [0.05, 0.1) is 0 Å². The summed E-state index contributed by atoms with van der Waals surface area (Å²) in [5, 5.41) is 0. The van der Waals surface area contributed by atoms with Gasteiger partial charge in [-0.3, -0.25) is 4.79 Å². The molecule has 0 radical (unpaired) electrons. The van der Waals surface area contributed by atoms with Gasteiger partial charge in [0.25, 0.3) is 0 Å². The van der Waals surface area contributed by atoms with E-state index in [1.54, 1.807) is 0 Å². The number of para-hydroxylation sites is 1. The van der Waals surface area contributed by atoms with Crippen LogP contribution in [0.3, 0.4) is 0 Å². The van der Waals surface area contributed by atoms with Crippen LogP contribution in [0.5, 0.6) is 0 Å². The van der Waals surface area contributed by atoms with Gasteiger partial charge in [0.15, 0.2) is 0 Å². The lowest BCUT2D eigenvalue weighted by Gasteiger charge is -2.18. The molecule has 0 aliphatic carbocycles. The number of benzene rings is 1. The van der Waals surface area contributed by atoms with E-state index in [-0.39, 0.29) is 5.91 Å². The van der Waals surface area contributed by atoms with Crippen molar-refractivity contribution in [3.05, 3.63) is 29.8 Å². The zero-order chi connectivity index (χ0) is 14.3. The highest BCUT2D eigenvalue weighted by Crippen LogP contribution is 2.13. The fourth-order valence-electron chi connectivity index (χ4n) is 1.94. The van der Waals surface area contributed by atoms with Crippen LogP contribution in [0, 0.1) is 0 Å². The molecule has 1 amide bonds. The van der Waals surface area contributed by atoms with E-state index in [1.165, 1.54) is 0 Å². The lowest BCUT2D eigenvalue weighted by Crippen LogP contribution is -2.29. The highest BCUT2D eigenvalue weighted by molar-refractivity contribution is 5.76. The van der Waals surface area contributed by atoms with E-state index in [1.807, 2.05) is 50.3 Å². The third kappa shape index (κ3) is 5.75. The van der Waals surface area contributed by atoms with Crippen molar-refractivity contribution in [2.45, 2.75) is 19.3 Å². The Bertz CT molecular complexity index is 404. The minimum atomic E-state index is 0.182. The number of hydrogen-bond acceptors (Lipinski definition) is 3. The molecule has 0 aliphatic heterocycles. The smallest absolute Gasteiger partial charge is 0.222 e. The highest BCUT2D eigenvalue weighted by atomic mass is 16.2. The number of rotatable bonds is 7. The summed E-state index contributed by atoms with van der Waals surface area (Å²) in [5.41, 5.74) is 7.69. The lowest BCUT2D eigenvalue weighted by atomic mass is 10.1. The van der Waals surface area contributed by atoms with E-state index < -0.39 is 0 Å². The first-order chi connectivity index (χ1) is 9.00. The Labute approximate surface area is 116 Å². The maximum Gasteiger partial charge on any atom is 0.222 e. The molecule has 106 valence electrons. The third-order valence-corrected chi connectivity index (χ3v) is 3.19. The van der Waals surface area contributed by atoms with Crippen LogP contribution < -0.4 is 5.73 Å². The molecule has 1 rings (SSSR count). The molecule has 1 aromatic rings. The number of anilines is 1. The number of aryl methyl sites for hydroxylation is 1. The van der Waals surface area contributed by atoms with Gasteiger partial charge in [-0.15, -0.1) is 0 Å². The van der Waals surface area contributed by atoms with Crippen LogP contribution >= 0.6 is 0 Å². The first-order valence-electron chi connectivity index (χ1n) is 6.72. The molecule has 4 heteroatoms. The Morgan fingerprint density at radius 3 is 2.47 bits per heavy atom. The van der Waals surface area contributed by atoms with Crippen LogP contribution in [-0.2, 0) is 11.2 Å². The van der Waals surface area contributed by atoms with Crippen LogP contribution in [0.25, 0.3) is 0 Å². The van der Waals surface area contributed by atoms with Crippen molar-refractivity contribution < 1.29 is 4.79 Å². The lowest BCUT2D eigenvalue weighted by molar-refractivity contribution is -0.129. The largest absolute Gasteiger partial charge is 0.399 e. The molecular formula is C15H25N3O. The molecule has 0 atom stereocenters. The predicted octanol–water partition coefficient (Wildman–Crippen LogP) is 1.61. The van der Waals surface area contributed by atoms with Gasteiger partial charge in [-0.2, -0.15) is 0 Å². The molecule has 2 N–H and O–H groups in total. The molecule has 4 nitrogen and oxygen atoms in total. The predicted molar refractivity (Wildman–Crippen MR) is 80.0 cm³/mol. The number of nitrogens with zero attached hydrogens (tertiary/aromatic N) is 2. The van der Waals surface area contributed by atoms with Crippen LogP contribution in [0.1, 0.15) is 18.4 Å². The number of carbonyl (C=O) groups excluding carboxylic acids is 1. The summed E-state index contributed by atoms with van der Waals surface area (Å²) in [6, 6.07) is 7.72. The van der Waals surface area contributed by atoms with Crippen molar-refractivity contribution in [3.8, 4) is 0 Å². The molecule has 1 aromatic carbocycles. The summed E-state index contributed by atoms with van der Waals surface area (Å²) in [4.78, 5) is 15.9. The van der Waals surface area contributed by atoms with Gasteiger partial charge in [0.2, 0.25) is 5.91 Å². The summed E-state index contributed by atoms with van der Waals surface area (Å²) in [6.07, 6.45) is 2.24. The normalized spacial score (nSPS) is 10.7. The Morgan fingerprint density at radius 2 is 1.84 bits per heavy atom. The van der Waals surface area contributed by atoms with Gasteiger partial charge in [-0.05, 0) is 45.1 Å². The van der Waals surface area contributed by atoms with Crippen LogP contribution in [-0.4, -0.2) is 49.9 Å². The maximum atomic E-state index is 12.0. The molecule has 0 bridgehead atoms. The van der Waals surface area contributed by atoms with Crippen LogP contribution in [0.15, 0.2) is 24.3 Å². The van der Waals surface area contributed by atoms with E-state index >= 15 is 0 Å². The van der Waals surface area contributed by atoms with Gasteiger partial charge in [-0.1, -0.05) is 18.2 Å². The Morgan fingerprint density at radius 1 is 1.16 bits per heavy atom. The topological polar surface area (TPSA) is 49.6 Å². The van der Waals surface area contributed by atoms with Crippen molar-refractivity contribution in [2.24, 2.45) is 0 Å². The van der Waals surface area contributed by atoms with Crippen LogP contribution in [0.2, 0.25) is 0 Å². The number of nitrogens with two attached hydrogens (primary N) is 1.